The minimum Gasteiger partial charge on any atom is -0.388 e. The molecule has 1 amide bonds. The molecule has 1 aromatic heterocycles. The lowest BCUT2D eigenvalue weighted by Gasteiger charge is -2.20. The number of nitrogens with zero attached hydrogens (tertiary/aromatic N) is 2. The largest absolute Gasteiger partial charge is 0.388 e. The van der Waals surface area contributed by atoms with Crippen LogP contribution in [0.4, 0.5) is 0 Å². The van der Waals surface area contributed by atoms with Gasteiger partial charge >= 0.3 is 0 Å². The molecule has 0 aliphatic carbocycles. The predicted molar refractivity (Wildman–Crippen MR) is 74.0 cm³/mol. The van der Waals surface area contributed by atoms with Crippen molar-refractivity contribution in [3.05, 3.63) is 29.6 Å². The fraction of sp³-hybridized carbons (Fsp3) is 0.462. The van der Waals surface area contributed by atoms with Crippen LogP contribution in [0.15, 0.2) is 18.3 Å². The first kappa shape index (κ1) is 13.0. The number of hydrogen-bond donors (Lipinski definition) is 1. The first-order valence-electron chi connectivity index (χ1n) is 6.19. The molecule has 96 valence electrons. The molecular weight excluding hydrogens is 246 g/mol. The van der Waals surface area contributed by atoms with Crippen molar-refractivity contribution in [3.8, 4) is 0 Å². The van der Waals surface area contributed by atoms with E-state index in [2.05, 4.69) is 4.98 Å². The van der Waals surface area contributed by atoms with Crippen LogP contribution in [-0.4, -0.2) is 27.3 Å². The van der Waals surface area contributed by atoms with Crippen LogP contribution in [0.25, 0.3) is 0 Å². The number of carbonyl (C=O) groups is 1. The van der Waals surface area contributed by atoms with E-state index >= 15 is 0 Å². The Morgan fingerprint density at radius 1 is 1.44 bits per heavy atom. The molecule has 0 aromatic carbocycles. The number of carbonyl (C=O) groups excluding carboxylic acids is 1. The molecule has 0 bridgehead atoms. The Labute approximate surface area is 112 Å². The molecule has 2 rings (SSSR count). The summed E-state index contributed by atoms with van der Waals surface area (Å²) in [5.74, 6) is 0.237. The van der Waals surface area contributed by atoms with Gasteiger partial charge in [0.05, 0.1) is 5.69 Å². The maximum absolute atomic E-state index is 11.9. The third-order valence-electron chi connectivity index (χ3n) is 3.12. The van der Waals surface area contributed by atoms with Gasteiger partial charge in [0.1, 0.15) is 4.99 Å². The highest BCUT2D eigenvalue weighted by molar-refractivity contribution is 7.80. The van der Waals surface area contributed by atoms with Crippen LogP contribution in [0, 0.1) is 0 Å². The van der Waals surface area contributed by atoms with Gasteiger partial charge in [-0.25, -0.2) is 0 Å². The Kier molecular flexibility index (Phi) is 4.25. The summed E-state index contributed by atoms with van der Waals surface area (Å²) >= 11 is 4.91. The van der Waals surface area contributed by atoms with Crippen LogP contribution in [-0.2, 0) is 11.3 Å². The molecule has 1 saturated heterocycles. The zero-order valence-electron chi connectivity index (χ0n) is 10.3. The van der Waals surface area contributed by atoms with Crippen LogP contribution in [0.5, 0.6) is 0 Å². The highest BCUT2D eigenvalue weighted by Gasteiger charge is 2.16. The van der Waals surface area contributed by atoms with E-state index in [0.717, 1.165) is 31.4 Å². The van der Waals surface area contributed by atoms with Gasteiger partial charge in [-0.05, 0) is 30.5 Å². The molecule has 1 aliphatic heterocycles. The number of rotatable bonds is 3. The molecule has 1 aromatic rings. The molecule has 0 saturated carbocycles. The monoisotopic (exact) mass is 263 g/mol. The van der Waals surface area contributed by atoms with Crippen LogP contribution in [0.1, 0.15) is 36.9 Å². The molecule has 18 heavy (non-hydrogen) atoms. The first-order valence-corrected chi connectivity index (χ1v) is 6.60. The molecule has 0 spiro atoms. The summed E-state index contributed by atoms with van der Waals surface area (Å²) in [7, 11) is 0. The van der Waals surface area contributed by atoms with Gasteiger partial charge in [0.25, 0.3) is 0 Å². The van der Waals surface area contributed by atoms with Crippen LogP contribution in [0.3, 0.4) is 0 Å². The third-order valence-corrected chi connectivity index (χ3v) is 3.33. The second-order valence-corrected chi connectivity index (χ2v) is 4.98. The van der Waals surface area contributed by atoms with Gasteiger partial charge in [0.15, 0.2) is 0 Å². The molecule has 1 fully saturated rings. The maximum atomic E-state index is 11.9. The van der Waals surface area contributed by atoms with E-state index in [4.69, 9.17) is 18.0 Å². The average Bonchev–Trinajstić information content (AvgIpc) is 2.55. The maximum Gasteiger partial charge on any atom is 0.222 e. The summed E-state index contributed by atoms with van der Waals surface area (Å²) < 4.78 is 0. The topological polar surface area (TPSA) is 59.2 Å². The second-order valence-electron chi connectivity index (χ2n) is 4.54. The lowest BCUT2D eigenvalue weighted by atomic mass is 10.2. The smallest absolute Gasteiger partial charge is 0.222 e. The van der Waals surface area contributed by atoms with E-state index in [1.165, 1.54) is 0 Å². The van der Waals surface area contributed by atoms with Crippen molar-refractivity contribution in [1.29, 1.82) is 0 Å². The lowest BCUT2D eigenvalue weighted by Crippen LogP contribution is -2.29. The van der Waals surface area contributed by atoms with Gasteiger partial charge in [-0.2, -0.15) is 0 Å². The molecule has 2 heterocycles. The van der Waals surface area contributed by atoms with Crippen molar-refractivity contribution >= 4 is 23.1 Å². The molecule has 4 nitrogen and oxygen atoms in total. The summed E-state index contributed by atoms with van der Waals surface area (Å²) in [6.45, 7) is 1.46. The fourth-order valence-corrected chi connectivity index (χ4v) is 2.25. The Hall–Kier alpha value is -1.49. The molecule has 0 atom stereocenters. The first-order chi connectivity index (χ1) is 8.66. The summed E-state index contributed by atoms with van der Waals surface area (Å²) in [5.41, 5.74) is 7.20. The molecule has 5 heteroatoms. The van der Waals surface area contributed by atoms with Gasteiger partial charge in [0.2, 0.25) is 5.91 Å². The highest BCUT2D eigenvalue weighted by atomic mass is 32.1. The Morgan fingerprint density at radius 3 is 3.06 bits per heavy atom. The third kappa shape index (κ3) is 3.26. The van der Waals surface area contributed by atoms with E-state index in [-0.39, 0.29) is 5.91 Å². The van der Waals surface area contributed by atoms with Crippen LogP contribution < -0.4 is 5.73 Å². The van der Waals surface area contributed by atoms with E-state index in [1.54, 1.807) is 6.20 Å². The summed E-state index contributed by atoms with van der Waals surface area (Å²) in [6.07, 6.45) is 5.57. The molecule has 0 unspecified atom stereocenters. The summed E-state index contributed by atoms with van der Waals surface area (Å²) in [6, 6.07) is 3.76. The van der Waals surface area contributed by atoms with E-state index < -0.39 is 0 Å². The molecule has 1 aliphatic rings. The van der Waals surface area contributed by atoms with E-state index in [1.807, 2.05) is 17.0 Å². The number of amides is 1. The van der Waals surface area contributed by atoms with Crippen molar-refractivity contribution in [2.75, 3.05) is 6.54 Å². The lowest BCUT2D eigenvalue weighted by molar-refractivity contribution is -0.131. The number of aromatic nitrogens is 1. The van der Waals surface area contributed by atoms with Gasteiger partial charge < -0.3 is 10.6 Å². The average molecular weight is 263 g/mol. The highest BCUT2D eigenvalue weighted by Crippen LogP contribution is 2.14. The van der Waals surface area contributed by atoms with E-state index in [9.17, 15) is 4.79 Å². The minimum atomic E-state index is 0.237. The van der Waals surface area contributed by atoms with Crippen molar-refractivity contribution in [2.45, 2.75) is 32.2 Å². The fourth-order valence-electron chi connectivity index (χ4n) is 2.13. The minimum absolute atomic E-state index is 0.237. The van der Waals surface area contributed by atoms with Gasteiger partial charge in [-0.15, -0.1) is 0 Å². The second kappa shape index (κ2) is 5.91. The number of thiocarbonyl (C=S) groups is 1. The quantitative estimate of drug-likeness (QED) is 0.842. The molecule has 2 N–H and O–H groups in total. The van der Waals surface area contributed by atoms with Gasteiger partial charge in [-0.1, -0.05) is 18.6 Å². The number of nitrogens with two attached hydrogens (primary N) is 1. The number of pyridine rings is 1. The number of likely N-dealkylation sites (tertiary alicyclic amines) is 1. The van der Waals surface area contributed by atoms with Gasteiger partial charge in [-0.3, -0.25) is 9.78 Å². The SMILES string of the molecule is NC(=S)c1cc(CN2CCCCCC2=O)ccn1. The zero-order valence-corrected chi connectivity index (χ0v) is 11.1. The van der Waals surface area contributed by atoms with Crippen LogP contribution in [0.2, 0.25) is 0 Å². The van der Waals surface area contributed by atoms with Crippen molar-refractivity contribution < 1.29 is 4.79 Å². The Bertz CT molecular complexity index is 461. The standard InChI is InChI=1S/C13H17N3OS/c14-13(18)11-8-10(5-6-15-11)9-16-7-3-1-2-4-12(16)17/h5-6,8H,1-4,7,9H2,(H2,14,18). The molecular formula is C13H17N3OS. The van der Waals surface area contributed by atoms with Gasteiger partial charge in [0, 0.05) is 25.7 Å². The zero-order chi connectivity index (χ0) is 13.0. The Morgan fingerprint density at radius 2 is 2.28 bits per heavy atom. The van der Waals surface area contributed by atoms with Crippen LogP contribution >= 0.6 is 12.2 Å². The summed E-state index contributed by atoms with van der Waals surface area (Å²) in [5, 5.41) is 0. The van der Waals surface area contributed by atoms with Crippen molar-refractivity contribution in [3.63, 3.8) is 0 Å². The normalized spacial score (nSPS) is 16.4. The molecule has 0 radical (unpaired) electrons. The number of hydrogen-bond acceptors (Lipinski definition) is 3. The summed E-state index contributed by atoms with van der Waals surface area (Å²) in [4.78, 5) is 18.2. The van der Waals surface area contributed by atoms with E-state index in [0.29, 0.717) is 23.6 Å². The predicted octanol–water partition coefficient (Wildman–Crippen LogP) is 1.62. The van der Waals surface area contributed by atoms with Crippen molar-refractivity contribution in [1.82, 2.24) is 9.88 Å². The Balaban J connectivity index is 2.10. The van der Waals surface area contributed by atoms with Crippen molar-refractivity contribution in [2.24, 2.45) is 5.73 Å².